The highest BCUT2D eigenvalue weighted by Gasteiger charge is 2.31. The summed E-state index contributed by atoms with van der Waals surface area (Å²) < 4.78 is 0. The molecular formula is C72H38N6. The zero-order valence-electron chi connectivity index (χ0n) is 42.7. The molecule has 0 radical (unpaired) electrons. The van der Waals surface area contributed by atoms with Crippen molar-refractivity contribution in [3.05, 3.63) is 213 Å². The van der Waals surface area contributed by atoms with Gasteiger partial charge in [0, 0.05) is 0 Å². The molecule has 12 aromatic carbocycles. The van der Waals surface area contributed by atoms with Gasteiger partial charge in [0.15, 0.2) is 0 Å². The molecule has 6 heteroatoms. The monoisotopic (exact) mass is 986 g/mol. The van der Waals surface area contributed by atoms with Crippen LogP contribution in [0.5, 0.6) is 0 Å². The molecule has 0 heterocycles. The summed E-state index contributed by atoms with van der Waals surface area (Å²) in [6.07, 6.45) is 0. The zero-order chi connectivity index (χ0) is 53.4. The summed E-state index contributed by atoms with van der Waals surface area (Å²) in [5.74, 6) is 0. The average Bonchev–Trinajstić information content (AvgIpc) is 4.02. The number of aryl methyl sites for hydroxylation is 4. The third-order valence-corrected chi connectivity index (χ3v) is 16.5. The second-order valence-electron chi connectivity index (χ2n) is 20.8. The van der Waals surface area contributed by atoms with Crippen molar-refractivity contribution in [3.8, 4) is 125 Å². The molecule has 78 heavy (non-hydrogen) atoms. The third-order valence-electron chi connectivity index (χ3n) is 16.5. The molecule has 0 bridgehead atoms. The normalized spacial score (nSPS) is 11.5. The molecule has 0 saturated carbocycles. The van der Waals surface area contributed by atoms with Crippen LogP contribution < -0.4 is 0 Å². The van der Waals surface area contributed by atoms with Crippen LogP contribution in [0.3, 0.4) is 0 Å². The van der Waals surface area contributed by atoms with Crippen molar-refractivity contribution < 1.29 is 0 Å². The highest BCUT2D eigenvalue weighted by molar-refractivity contribution is 6.31. The first-order valence-corrected chi connectivity index (χ1v) is 25.6. The van der Waals surface area contributed by atoms with E-state index < -0.39 is 0 Å². The van der Waals surface area contributed by atoms with Gasteiger partial charge in [-0.3, -0.25) is 0 Å². The Morgan fingerprint density at radius 3 is 1.13 bits per heavy atom. The van der Waals surface area contributed by atoms with E-state index in [4.69, 9.17) is 0 Å². The lowest BCUT2D eigenvalue weighted by Crippen LogP contribution is -1.94. The summed E-state index contributed by atoms with van der Waals surface area (Å²) >= 11 is 0. The van der Waals surface area contributed by atoms with E-state index in [2.05, 4.69) is 161 Å². The lowest BCUT2D eigenvalue weighted by molar-refractivity contribution is 1.35. The van der Waals surface area contributed by atoms with Gasteiger partial charge in [0.25, 0.3) is 0 Å². The largest absolute Gasteiger partial charge is 0.192 e. The van der Waals surface area contributed by atoms with E-state index in [1.54, 1.807) is 12.1 Å². The fraction of sp³-hybridized carbons (Fsp3) is 0.0556. The second kappa shape index (κ2) is 16.7. The summed E-state index contributed by atoms with van der Waals surface area (Å²) in [4.78, 5) is 0. The highest BCUT2D eigenvalue weighted by atomic mass is 14.4. The molecular weight excluding hydrogens is 949 g/mol. The fourth-order valence-electron chi connectivity index (χ4n) is 13.5. The topological polar surface area (TPSA) is 143 Å². The van der Waals surface area contributed by atoms with Crippen LogP contribution in [-0.2, 0) is 0 Å². The van der Waals surface area contributed by atoms with Gasteiger partial charge in [0.05, 0.1) is 69.8 Å². The predicted octanol–water partition coefficient (Wildman–Crippen LogP) is 17.9. The maximum absolute atomic E-state index is 10.4. The standard InChI is InChI=1S/C72H38N6/c1-37-17-41(31-73)18-38(2)67(37)54-13-14-57-63-29-65-59(47-23-43(33-75)21-44(24-47)34-76)27-60-49(61(65)28-62(63)52-9-5-7-50(54)70(52)57)11-12-56-64(60)30-66-53-10-6-8-51-55(68-39(3)19-42(32-74)20-40(68)4)15-16-58(71(51)53)72(66)69(56)48-25-45(35-77)22-46(26-48)36-78/h5-30H,1-4H3. The Morgan fingerprint density at radius 1 is 0.231 bits per heavy atom. The van der Waals surface area contributed by atoms with Crippen molar-refractivity contribution in [2.75, 3.05) is 0 Å². The minimum absolute atomic E-state index is 0.386. The van der Waals surface area contributed by atoms with Crippen LogP contribution >= 0.6 is 0 Å². The molecule has 0 amide bonds. The Balaban J connectivity index is 1.10. The van der Waals surface area contributed by atoms with Crippen LogP contribution in [0, 0.1) is 95.7 Å². The number of rotatable bonds is 4. The van der Waals surface area contributed by atoms with Crippen LogP contribution in [0.1, 0.15) is 55.6 Å². The van der Waals surface area contributed by atoms with Crippen LogP contribution in [0.2, 0.25) is 0 Å². The Kier molecular flexibility index (Phi) is 9.74. The van der Waals surface area contributed by atoms with E-state index in [1.807, 2.05) is 48.5 Å². The number of fused-ring (bicyclic) bond motifs is 11. The van der Waals surface area contributed by atoms with Crippen molar-refractivity contribution >= 4 is 53.9 Å². The molecule has 12 aromatic rings. The van der Waals surface area contributed by atoms with E-state index >= 15 is 0 Å². The Bertz CT molecular complexity index is 5030. The van der Waals surface area contributed by atoms with E-state index in [0.717, 1.165) is 165 Å². The Labute approximate surface area is 449 Å². The smallest absolute Gasteiger partial charge is 0.0992 e. The summed E-state index contributed by atoms with van der Waals surface area (Å²) in [6.45, 7) is 8.27. The third kappa shape index (κ3) is 6.37. The molecule has 2 aliphatic carbocycles. The van der Waals surface area contributed by atoms with Crippen molar-refractivity contribution in [3.63, 3.8) is 0 Å². The van der Waals surface area contributed by atoms with Gasteiger partial charge in [-0.15, -0.1) is 0 Å². The van der Waals surface area contributed by atoms with E-state index in [9.17, 15) is 31.6 Å². The molecule has 14 rings (SSSR count). The van der Waals surface area contributed by atoms with Crippen LogP contribution in [0.15, 0.2) is 158 Å². The molecule has 0 aromatic heterocycles. The molecule has 356 valence electrons. The van der Waals surface area contributed by atoms with Crippen LogP contribution in [0.4, 0.5) is 0 Å². The zero-order valence-corrected chi connectivity index (χ0v) is 42.7. The van der Waals surface area contributed by atoms with Crippen molar-refractivity contribution in [2.45, 2.75) is 27.7 Å². The SMILES string of the molecule is Cc1cc(C#N)cc(C)c1-c1ccc2c3c(cccc13)-c1cc3c(cc1-2)c(-c1cc(C#N)cc(C#N)c1)cc1c2cc4c(c(-c5cc(C#N)cc(C#N)c5)c2ccc31)-c1ccc(-c2c(C)cc(C#N)cc2C)c2cccc-4c12. The van der Waals surface area contributed by atoms with E-state index in [1.165, 1.54) is 0 Å². The van der Waals surface area contributed by atoms with Gasteiger partial charge >= 0.3 is 0 Å². The predicted molar refractivity (Wildman–Crippen MR) is 312 cm³/mol. The van der Waals surface area contributed by atoms with Gasteiger partial charge in [0.1, 0.15) is 0 Å². The number of hydrogen-bond acceptors (Lipinski definition) is 6. The highest BCUT2D eigenvalue weighted by Crippen LogP contribution is 2.58. The quantitative estimate of drug-likeness (QED) is 0.161. The lowest BCUT2D eigenvalue weighted by Gasteiger charge is -2.19. The molecule has 0 aliphatic heterocycles. The first kappa shape index (κ1) is 45.5. The molecule has 0 spiro atoms. The Morgan fingerprint density at radius 2 is 0.603 bits per heavy atom. The molecule has 0 saturated heterocycles. The maximum atomic E-state index is 10.4. The summed E-state index contributed by atoms with van der Waals surface area (Å²) in [5, 5.41) is 71.6. The van der Waals surface area contributed by atoms with Gasteiger partial charge < -0.3 is 0 Å². The van der Waals surface area contributed by atoms with Gasteiger partial charge in [-0.05, 0) is 278 Å². The number of benzene rings is 12. The summed E-state index contributed by atoms with van der Waals surface area (Å²) in [5.41, 5.74) is 23.2. The van der Waals surface area contributed by atoms with Gasteiger partial charge in [-0.1, -0.05) is 72.8 Å². The molecule has 0 N–H and O–H groups in total. The van der Waals surface area contributed by atoms with Crippen LogP contribution in [0.25, 0.3) is 143 Å². The molecule has 0 atom stereocenters. The van der Waals surface area contributed by atoms with E-state index in [0.29, 0.717) is 33.4 Å². The first-order chi connectivity index (χ1) is 38.0. The molecule has 2 aliphatic rings. The number of nitriles is 6. The van der Waals surface area contributed by atoms with Crippen LogP contribution in [-0.4, -0.2) is 0 Å². The second-order valence-corrected chi connectivity index (χ2v) is 20.8. The Hall–Kier alpha value is -11.1. The van der Waals surface area contributed by atoms with Gasteiger partial charge in [0.2, 0.25) is 0 Å². The van der Waals surface area contributed by atoms with Gasteiger partial charge in [-0.25, -0.2) is 0 Å². The summed E-state index contributed by atoms with van der Waals surface area (Å²) in [6, 6.07) is 67.9. The minimum Gasteiger partial charge on any atom is -0.192 e. The summed E-state index contributed by atoms with van der Waals surface area (Å²) in [7, 11) is 0. The molecule has 0 fully saturated rings. The first-order valence-electron chi connectivity index (χ1n) is 25.6. The average molecular weight is 987 g/mol. The maximum Gasteiger partial charge on any atom is 0.0992 e. The van der Waals surface area contributed by atoms with Gasteiger partial charge in [-0.2, -0.15) is 31.6 Å². The molecule has 6 nitrogen and oxygen atoms in total. The number of hydrogen-bond donors (Lipinski definition) is 0. The van der Waals surface area contributed by atoms with Crippen molar-refractivity contribution in [1.82, 2.24) is 0 Å². The van der Waals surface area contributed by atoms with Crippen molar-refractivity contribution in [2.24, 2.45) is 0 Å². The lowest BCUT2D eigenvalue weighted by atomic mass is 9.83. The minimum atomic E-state index is 0.386. The fourth-order valence-corrected chi connectivity index (χ4v) is 13.5. The van der Waals surface area contributed by atoms with Crippen molar-refractivity contribution in [1.29, 1.82) is 31.6 Å². The molecule has 0 unspecified atom stereocenters. The van der Waals surface area contributed by atoms with E-state index in [-0.39, 0.29) is 0 Å². The number of nitrogens with zero attached hydrogens (tertiary/aromatic N) is 6.